The monoisotopic (exact) mass is 438 g/mol. The van der Waals surface area contributed by atoms with Gasteiger partial charge in [-0.2, -0.15) is 12.6 Å². The number of ether oxygens (including phenoxy) is 1. The standard InChI is InChI=1S/C10H20O2S.2C4H9.Sn/c1-9(2)6-4-3-5-7-12-10(11)8-13;2*1-3-4-2;/h9,13H,3-8H2,1-2H3;2*1,3-4H2,2H3;. The Labute approximate surface area is 155 Å². The van der Waals surface area contributed by atoms with Crippen molar-refractivity contribution in [3.63, 3.8) is 0 Å². The van der Waals surface area contributed by atoms with Crippen molar-refractivity contribution in [1.82, 2.24) is 0 Å². The molecule has 0 amide bonds. The van der Waals surface area contributed by atoms with Gasteiger partial charge in [0.1, 0.15) is 0 Å². The van der Waals surface area contributed by atoms with Crippen LogP contribution in [0.15, 0.2) is 0 Å². The van der Waals surface area contributed by atoms with E-state index in [1.807, 2.05) is 0 Å². The molecule has 2 radical (unpaired) electrons. The van der Waals surface area contributed by atoms with Gasteiger partial charge in [0.15, 0.2) is 0 Å². The van der Waals surface area contributed by atoms with Crippen LogP contribution in [0.1, 0.15) is 79.1 Å². The molecule has 0 rings (SSSR count). The quantitative estimate of drug-likeness (QED) is 0.171. The molecule has 0 saturated heterocycles. The average molecular weight is 437 g/mol. The SMILES string of the molecule is CC(C)CCCCCOC(=O)CS.CCC[CH2][Sn][CH2]CCC. The molecular weight excluding hydrogens is 399 g/mol. The Morgan fingerprint density at radius 1 is 1.00 bits per heavy atom. The second-order valence-corrected chi connectivity index (χ2v) is 10.7. The van der Waals surface area contributed by atoms with Gasteiger partial charge in [0.25, 0.3) is 0 Å². The molecule has 4 heteroatoms. The number of esters is 1. The van der Waals surface area contributed by atoms with Crippen LogP contribution >= 0.6 is 12.6 Å². The molecule has 0 aromatic carbocycles. The van der Waals surface area contributed by atoms with E-state index in [-0.39, 0.29) is 32.9 Å². The zero-order chi connectivity index (χ0) is 17.1. The van der Waals surface area contributed by atoms with E-state index in [9.17, 15) is 4.79 Å². The molecule has 0 spiro atoms. The molecule has 0 atom stereocenters. The van der Waals surface area contributed by atoms with Gasteiger partial charge in [-0.05, 0) is 12.3 Å². The van der Waals surface area contributed by atoms with E-state index in [1.54, 1.807) is 8.87 Å². The van der Waals surface area contributed by atoms with Gasteiger partial charge in [0.2, 0.25) is 0 Å². The third-order valence-corrected chi connectivity index (χ3v) is 7.53. The van der Waals surface area contributed by atoms with E-state index >= 15 is 0 Å². The van der Waals surface area contributed by atoms with Crippen LogP contribution in [-0.2, 0) is 9.53 Å². The Morgan fingerprint density at radius 2 is 1.59 bits per heavy atom. The summed E-state index contributed by atoms with van der Waals surface area (Å²) in [4.78, 5) is 10.7. The normalized spacial score (nSPS) is 10.3. The summed E-state index contributed by atoms with van der Waals surface area (Å²) in [5.74, 6) is 0.749. The fourth-order valence-electron chi connectivity index (χ4n) is 1.79. The summed E-state index contributed by atoms with van der Waals surface area (Å²) in [6.45, 7) is 9.58. The first-order valence-electron chi connectivity index (χ1n) is 9.05. The van der Waals surface area contributed by atoms with Crippen molar-refractivity contribution >= 4 is 39.7 Å². The molecule has 0 fully saturated rings. The zero-order valence-corrected chi connectivity index (χ0v) is 19.1. The Hall–Kier alpha value is 0.619. The summed E-state index contributed by atoms with van der Waals surface area (Å²) in [5.41, 5.74) is 0. The summed E-state index contributed by atoms with van der Waals surface area (Å²) in [5, 5.41) is 0. The molecule has 2 nitrogen and oxygen atoms in total. The number of carbonyl (C=O) groups is 1. The molecule has 0 N–H and O–H groups in total. The molecule has 22 heavy (non-hydrogen) atoms. The molecule has 0 unspecified atom stereocenters. The molecule has 0 aliphatic heterocycles. The fourth-order valence-corrected chi connectivity index (χ4v) is 6.04. The average Bonchev–Trinajstić information content (AvgIpc) is 2.50. The van der Waals surface area contributed by atoms with E-state index in [1.165, 1.54) is 38.5 Å². The van der Waals surface area contributed by atoms with E-state index in [0.29, 0.717) is 6.61 Å². The molecule has 0 bridgehead atoms. The Kier molecular flexibility index (Phi) is 24.4. The first-order chi connectivity index (χ1) is 10.6. The fraction of sp³-hybridized carbons (Fsp3) is 0.944. The van der Waals surface area contributed by atoms with Gasteiger partial charge in [0, 0.05) is 0 Å². The molecule has 0 aliphatic rings. The van der Waals surface area contributed by atoms with Crippen molar-refractivity contribution in [3.05, 3.63) is 0 Å². The summed E-state index contributed by atoms with van der Waals surface area (Å²) in [6, 6.07) is 0. The summed E-state index contributed by atoms with van der Waals surface area (Å²) in [6.07, 6.45) is 10.5. The van der Waals surface area contributed by atoms with Crippen molar-refractivity contribution in [2.24, 2.45) is 5.92 Å². The first kappa shape index (κ1) is 24.9. The Balaban J connectivity index is 0. The predicted octanol–water partition coefficient (Wildman–Crippen LogP) is 5.80. The van der Waals surface area contributed by atoms with E-state index < -0.39 is 0 Å². The maximum absolute atomic E-state index is 10.7. The third-order valence-electron chi connectivity index (χ3n) is 3.23. The minimum atomic E-state index is -0.216. The number of carbonyl (C=O) groups excluding carboxylic acids is 1. The predicted molar refractivity (Wildman–Crippen MR) is 103 cm³/mol. The number of unbranched alkanes of at least 4 members (excludes halogenated alkanes) is 4. The topological polar surface area (TPSA) is 26.3 Å². The number of hydrogen-bond acceptors (Lipinski definition) is 3. The van der Waals surface area contributed by atoms with Crippen LogP contribution < -0.4 is 0 Å². The second kappa shape index (κ2) is 21.6. The van der Waals surface area contributed by atoms with Crippen molar-refractivity contribution < 1.29 is 9.53 Å². The van der Waals surface area contributed by atoms with Crippen molar-refractivity contribution in [2.75, 3.05) is 12.4 Å². The van der Waals surface area contributed by atoms with Gasteiger partial charge in [-0.15, -0.1) is 0 Å². The molecule has 0 aliphatic carbocycles. The first-order valence-corrected chi connectivity index (χ1v) is 13.7. The van der Waals surface area contributed by atoms with E-state index in [0.717, 1.165) is 18.8 Å². The van der Waals surface area contributed by atoms with Crippen molar-refractivity contribution in [3.8, 4) is 0 Å². The molecule has 0 heterocycles. The van der Waals surface area contributed by atoms with Crippen molar-refractivity contribution in [2.45, 2.75) is 87.9 Å². The van der Waals surface area contributed by atoms with E-state index in [2.05, 4.69) is 40.3 Å². The van der Waals surface area contributed by atoms with Gasteiger partial charge in [0.05, 0.1) is 12.4 Å². The summed E-state index contributed by atoms with van der Waals surface area (Å²) in [7, 11) is 0. The Bertz CT molecular complexity index is 217. The molecule has 132 valence electrons. The van der Waals surface area contributed by atoms with Gasteiger partial charge >= 0.3 is 75.5 Å². The van der Waals surface area contributed by atoms with Crippen LogP contribution in [0.2, 0.25) is 8.87 Å². The summed E-state index contributed by atoms with van der Waals surface area (Å²) < 4.78 is 8.13. The minimum absolute atomic E-state index is 0.149. The van der Waals surface area contributed by atoms with Gasteiger partial charge in [-0.25, -0.2) is 0 Å². The van der Waals surface area contributed by atoms with Crippen LogP contribution in [0.25, 0.3) is 0 Å². The van der Waals surface area contributed by atoms with Crippen LogP contribution in [0.3, 0.4) is 0 Å². The van der Waals surface area contributed by atoms with Crippen LogP contribution in [0, 0.1) is 5.92 Å². The maximum atomic E-state index is 10.7. The summed E-state index contributed by atoms with van der Waals surface area (Å²) >= 11 is 3.96. The number of rotatable bonds is 13. The zero-order valence-electron chi connectivity index (χ0n) is 15.3. The number of hydrogen-bond donors (Lipinski definition) is 1. The van der Waals surface area contributed by atoms with Crippen LogP contribution in [0.5, 0.6) is 0 Å². The van der Waals surface area contributed by atoms with Crippen molar-refractivity contribution in [1.29, 1.82) is 0 Å². The third kappa shape index (κ3) is 25.6. The van der Waals surface area contributed by atoms with Crippen LogP contribution in [-0.4, -0.2) is 39.5 Å². The molecular formula is C18H38O2SSn. The van der Waals surface area contributed by atoms with Gasteiger partial charge in [-0.3, -0.25) is 4.79 Å². The molecule has 0 saturated carbocycles. The second-order valence-electron chi connectivity index (χ2n) is 6.08. The molecule has 0 aromatic rings. The van der Waals surface area contributed by atoms with Gasteiger partial charge in [-0.1, -0.05) is 33.1 Å². The van der Waals surface area contributed by atoms with Gasteiger partial charge < -0.3 is 4.74 Å². The Morgan fingerprint density at radius 3 is 2.05 bits per heavy atom. The van der Waals surface area contributed by atoms with Crippen LogP contribution in [0.4, 0.5) is 0 Å². The van der Waals surface area contributed by atoms with E-state index in [4.69, 9.17) is 4.74 Å². The number of thiol groups is 1. The molecule has 0 aromatic heterocycles.